The Bertz CT molecular complexity index is 881. The van der Waals surface area contributed by atoms with Crippen molar-refractivity contribution in [1.82, 2.24) is 14.8 Å². The van der Waals surface area contributed by atoms with Crippen LogP contribution in [-0.2, 0) is 18.9 Å². The number of benzene rings is 2. The van der Waals surface area contributed by atoms with Crippen LogP contribution in [0.1, 0.15) is 23.9 Å². The molecule has 0 amide bonds. The van der Waals surface area contributed by atoms with Crippen LogP contribution in [0.3, 0.4) is 0 Å². The summed E-state index contributed by atoms with van der Waals surface area (Å²) in [7, 11) is 0. The van der Waals surface area contributed by atoms with Crippen LogP contribution >= 0.6 is 35.0 Å². The Morgan fingerprint density at radius 3 is 2.54 bits per heavy atom. The molecule has 7 heteroatoms. The average Bonchev–Trinajstić information content (AvgIpc) is 3.02. The second kappa shape index (κ2) is 8.80. The van der Waals surface area contributed by atoms with Crippen LogP contribution in [0.2, 0.25) is 10.0 Å². The smallest absolute Gasteiger partial charge is 0.191 e. The van der Waals surface area contributed by atoms with E-state index in [2.05, 4.69) is 21.7 Å². The van der Waals surface area contributed by atoms with Crippen molar-refractivity contribution in [2.45, 2.75) is 37.9 Å². The topological polar surface area (TPSA) is 39.9 Å². The van der Waals surface area contributed by atoms with Crippen molar-refractivity contribution in [3.63, 3.8) is 0 Å². The zero-order valence-electron chi connectivity index (χ0n) is 14.6. The molecule has 1 heterocycles. The number of nitrogens with zero attached hydrogens (tertiary/aromatic N) is 3. The summed E-state index contributed by atoms with van der Waals surface area (Å²) < 4.78 is 7.89. The largest absolute Gasteiger partial charge is 0.486 e. The molecule has 0 radical (unpaired) electrons. The molecule has 0 N–H and O–H groups in total. The summed E-state index contributed by atoms with van der Waals surface area (Å²) in [5.74, 6) is 2.33. The van der Waals surface area contributed by atoms with Crippen LogP contribution in [-0.4, -0.2) is 14.8 Å². The van der Waals surface area contributed by atoms with Gasteiger partial charge in [0.05, 0.1) is 0 Å². The second-order valence-electron chi connectivity index (χ2n) is 5.77. The van der Waals surface area contributed by atoms with Crippen LogP contribution in [0.4, 0.5) is 0 Å². The summed E-state index contributed by atoms with van der Waals surface area (Å²) in [6.07, 6.45) is 0. The molecule has 0 aliphatic rings. The van der Waals surface area contributed by atoms with Gasteiger partial charge in [-0.3, -0.25) is 0 Å². The molecule has 0 bridgehead atoms. The SMILES string of the molecule is CCn1c(COc2ccc(C)cc2)nnc1SCc1ccc(Cl)cc1Cl. The Kier molecular flexibility index (Phi) is 6.46. The zero-order chi connectivity index (χ0) is 18.5. The Balaban J connectivity index is 1.66. The van der Waals surface area contributed by atoms with Gasteiger partial charge in [0.1, 0.15) is 12.4 Å². The number of rotatable bonds is 7. The van der Waals surface area contributed by atoms with Crippen molar-refractivity contribution >= 4 is 35.0 Å². The van der Waals surface area contributed by atoms with E-state index in [9.17, 15) is 0 Å². The third-order valence-electron chi connectivity index (χ3n) is 3.87. The van der Waals surface area contributed by atoms with Gasteiger partial charge in [0, 0.05) is 22.3 Å². The molecule has 0 spiro atoms. The lowest BCUT2D eigenvalue weighted by Crippen LogP contribution is -2.07. The van der Waals surface area contributed by atoms with E-state index in [4.69, 9.17) is 27.9 Å². The molecule has 4 nitrogen and oxygen atoms in total. The fraction of sp³-hybridized carbons (Fsp3) is 0.263. The van der Waals surface area contributed by atoms with Gasteiger partial charge in [0.25, 0.3) is 0 Å². The normalized spacial score (nSPS) is 10.9. The summed E-state index contributed by atoms with van der Waals surface area (Å²) in [6.45, 7) is 5.27. The lowest BCUT2D eigenvalue weighted by Gasteiger charge is -2.09. The summed E-state index contributed by atoms with van der Waals surface area (Å²) >= 11 is 13.8. The van der Waals surface area contributed by atoms with Gasteiger partial charge in [0.2, 0.25) is 0 Å². The summed E-state index contributed by atoms with van der Waals surface area (Å²) in [4.78, 5) is 0. The second-order valence-corrected chi connectivity index (χ2v) is 7.56. The number of aromatic nitrogens is 3. The van der Waals surface area contributed by atoms with Crippen LogP contribution in [0.25, 0.3) is 0 Å². The van der Waals surface area contributed by atoms with Crippen molar-refractivity contribution in [3.05, 3.63) is 69.5 Å². The first-order valence-electron chi connectivity index (χ1n) is 8.25. The first kappa shape index (κ1) is 19.1. The minimum absolute atomic E-state index is 0.381. The first-order chi connectivity index (χ1) is 12.6. The molecule has 1 aromatic heterocycles. The molecule has 2 aromatic carbocycles. The van der Waals surface area contributed by atoms with Crippen LogP contribution in [0, 0.1) is 6.92 Å². The van der Waals surface area contributed by atoms with Crippen molar-refractivity contribution < 1.29 is 4.74 Å². The summed E-state index contributed by atoms with van der Waals surface area (Å²) in [6, 6.07) is 13.5. The Hall–Kier alpha value is -1.69. The predicted molar refractivity (Wildman–Crippen MR) is 107 cm³/mol. The van der Waals surface area contributed by atoms with Gasteiger partial charge < -0.3 is 9.30 Å². The minimum Gasteiger partial charge on any atom is -0.486 e. The molecule has 0 aliphatic heterocycles. The van der Waals surface area contributed by atoms with E-state index < -0.39 is 0 Å². The fourth-order valence-corrected chi connectivity index (χ4v) is 3.99. The summed E-state index contributed by atoms with van der Waals surface area (Å²) in [5, 5.41) is 10.7. The molecule has 26 heavy (non-hydrogen) atoms. The van der Waals surface area contributed by atoms with E-state index in [0.29, 0.717) is 22.4 Å². The van der Waals surface area contributed by atoms with E-state index in [1.807, 2.05) is 43.3 Å². The van der Waals surface area contributed by atoms with E-state index in [-0.39, 0.29) is 0 Å². The maximum atomic E-state index is 6.24. The van der Waals surface area contributed by atoms with Gasteiger partial charge in [-0.15, -0.1) is 10.2 Å². The van der Waals surface area contributed by atoms with Crippen LogP contribution in [0.15, 0.2) is 47.6 Å². The molecule has 0 saturated carbocycles. The average molecular weight is 408 g/mol. The quantitative estimate of drug-likeness (QED) is 0.465. The van der Waals surface area contributed by atoms with E-state index in [1.54, 1.807) is 17.8 Å². The van der Waals surface area contributed by atoms with Crippen molar-refractivity contribution in [2.24, 2.45) is 0 Å². The maximum Gasteiger partial charge on any atom is 0.191 e. The highest BCUT2D eigenvalue weighted by atomic mass is 35.5. The van der Waals surface area contributed by atoms with Gasteiger partial charge in [-0.1, -0.05) is 58.7 Å². The minimum atomic E-state index is 0.381. The third-order valence-corrected chi connectivity index (χ3v) is 5.47. The number of hydrogen-bond donors (Lipinski definition) is 0. The predicted octanol–water partition coefficient (Wildman–Crippen LogP) is 5.78. The molecule has 3 aromatic rings. The molecular formula is C19H19Cl2N3OS. The number of thioether (sulfide) groups is 1. The highest BCUT2D eigenvalue weighted by Crippen LogP contribution is 2.28. The van der Waals surface area contributed by atoms with Crippen LogP contribution < -0.4 is 4.74 Å². The maximum absolute atomic E-state index is 6.24. The Morgan fingerprint density at radius 1 is 1.08 bits per heavy atom. The summed E-state index contributed by atoms with van der Waals surface area (Å²) in [5.41, 5.74) is 2.22. The number of hydrogen-bond acceptors (Lipinski definition) is 4. The fourth-order valence-electron chi connectivity index (χ4n) is 2.41. The number of halogens is 2. The molecule has 136 valence electrons. The number of ether oxygens (including phenoxy) is 1. The van der Waals surface area contributed by atoms with Gasteiger partial charge >= 0.3 is 0 Å². The monoisotopic (exact) mass is 407 g/mol. The molecule has 0 unspecified atom stereocenters. The van der Waals surface area contributed by atoms with Crippen molar-refractivity contribution in [2.75, 3.05) is 0 Å². The third kappa shape index (κ3) is 4.72. The standard InChI is InChI=1S/C19H19Cl2N3OS/c1-3-24-18(11-25-16-8-4-13(2)5-9-16)22-23-19(24)26-12-14-6-7-15(20)10-17(14)21/h4-10H,3,11-12H2,1-2H3. The van der Waals surface area contributed by atoms with Crippen molar-refractivity contribution in [1.29, 1.82) is 0 Å². The lowest BCUT2D eigenvalue weighted by molar-refractivity contribution is 0.288. The van der Waals surface area contributed by atoms with Gasteiger partial charge in [-0.25, -0.2) is 0 Å². The zero-order valence-corrected chi connectivity index (χ0v) is 16.9. The molecule has 0 aliphatic carbocycles. The van der Waals surface area contributed by atoms with Gasteiger partial charge in [-0.2, -0.15) is 0 Å². The van der Waals surface area contributed by atoms with Crippen molar-refractivity contribution in [3.8, 4) is 5.75 Å². The Morgan fingerprint density at radius 2 is 1.85 bits per heavy atom. The van der Waals surface area contributed by atoms with E-state index >= 15 is 0 Å². The number of aryl methyl sites for hydroxylation is 1. The highest BCUT2D eigenvalue weighted by molar-refractivity contribution is 7.98. The van der Waals surface area contributed by atoms with Gasteiger partial charge in [0.15, 0.2) is 11.0 Å². The molecule has 0 fully saturated rings. The molecular weight excluding hydrogens is 389 g/mol. The molecule has 0 saturated heterocycles. The lowest BCUT2D eigenvalue weighted by atomic mass is 10.2. The molecule has 0 atom stereocenters. The Labute approximate surface area is 167 Å². The highest BCUT2D eigenvalue weighted by Gasteiger charge is 2.13. The molecule has 3 rings (SSSR count). The van der Waals surface area contributed by atoms with E-state index in [1.165, 1.54) is 5.56 Å². The van der Waals surface area contributed by atoms with E-state index in [0.717, 1.165) is 28.8 Å². The van der Waals surface area contributed by atoms with Crippen LogP contribution in [0.5, 0.6) is 5.75 Å². The van der Waals surface area contributed by atoms with Gasteiger partial charge in [-0.05, 0) is 43.7 Å². The first-order valence-corrected chi connectivity index (χ1v) is 9.99.